The Morgan fingerprint density at radius 3 is 2.54 bits per heavy atom. The van der Waals surface area contributed by atoms with Gasteiger partial charge in [-0.05, 0) is 44.7 Å². The summed E-state index contributed by atoms with van der Waals surface area (Å²) >= 11 is 0. The minimum Gasteiger partial charge on any atom is -0.469 e. The van der Waals surface area contributed by atoms with Gasteiger partial charge in [-0.25, -0.2) is 0 Å². The molecule has 0 unspecified atom stereocenters. The molecule has 142 valence electrons. The molecule has 6 heteroatoms. The molecule has 3 aliphatic rings. The normalized spacial score (nSPS) is 22.3. The van der Waals surface area contributed by atoms with Crippen molar-refractivity contribution in [2.75, 3.05) is 39.3 Å². The highest BCUT2D eigenvalue weighted by Gasteiger charge is 2.31. The SMILES string of the molecule is O=C(CN1CCCc2occc2C1)N1CCC(C(=O)N2CCCC2)CC1. The Labute approximate surface area is 155 Å². The predicted molar refractivity (Wildman–Crippen MR) is 97.4 cm³/mol. The molecule has 2 amide bonds. The molecule has 1 aromatic heterocycles. The van der Waals surface area contributed by atoms with Gasteiger partial charge in [-0.2, -0.15) is 0 Å². The van der Waals surface area contributed by atoms with Crippen LogP contribution in [0.2, 0.25) is 0 Å². The molecular weight excluding hydrogens is 330 g/mol. The van der Waals surface area contributed by atoms with Gasteiger partial charge >= 0.3 is 0 Å². The second kappa shape index (κ2) is 7.82. The summed E-state index contributed by atoms with van der Waals surface area (Å²) in [4.78, 5) is 31.5. The van der Waals surface area contributed by atoms with Crippen LogP contribution in [0, 0.1) is 5.92 Å². The Morgan fingerprint density at radius 2 is 1.77 bits per heavy atom. The molecule has 0 aliphatic carbocycles. The predicted octanol–water partition coefficient (Wildman–Crippen LogP) is 1.89. The number of aryl methyl sites for hydroxylation is 1. The van der Waals surface area contributed by atoms with E-state index in [1.807, 2.05) is 15.9 Å². The van der Waals surface area contributed by atoms with Gasteiger partial charge in [0.2, 0.25) is 11.8 Å². The molecule has 0 N–H and O–H groups in total. The van der Waals surface area contributed by atoms with Crippen LogP contribution in [0.1, 0.15) is 43.4 Å². The van der Waals surface area contributed by atoms with Crippen molar-refractivity contribution < 1.29 is 14.0 Å². The maximum Gasteiger partial charge on any atom is 0.236 e. The summed E-state index contributed by atoms with van der Waals surface area (Å²) in [5.41, 5.74) is 1.21. The fourth-order valence-corrected chi connectivity index (χ4v) is 4.51. The number of hydrogen-bond donors (Lipinski definition) is 0. The van der Waals surface area contributed by atoms with E-state index in [1.54, 1.807) is 6.26 Å². The van der Waals surface area contributed by atoms with Crippen molar-refractivity contribution in [1.82, 2.24) is 14.7 Å². The van der Waals surface area contributed by atoms with Gasteiger partial charge in [0, 0.05) is 50.6 Å². The number of carbonyl (C=O) groups is 2. The van der Waals surface area contributed by atoms with Crippen LogP contribution in [0.25, 0.3) is 0 Å². The third-order valence-electron chi connectivity index (χ3n) is 6.08. The zero-order valence-corrected chi connectivity index (χ0v) is 15.5. The summed E-state index contributed by atoms with van der Waals surface area (Å²) in [7, 11) is 0. The number of nitrogens with zero attached hydrogens (tertiary/aromatic N) is 3. The fourth-order valence-electron chi connectivity index (χ4n) is 4.51. The van der Waals surface area contributed by atoms with E-state index >= 15 is 0 Å². The molecule has 4 heterocycles. The van der Waals surface area contributed by atoms with Crippen molar-refractivity contribution in [3.63, 3.8) is 0 Å². The highest BCUT2D eigenvalue weighted by molar-refractivity contribution is 5.81. The molecule has 0 aromatic carbocycles. The second-order valence-electron chi connectivity index (χ2n) is 7.87. The van der Waals surface area contributed by atoms with Crippen LogP contribution in [0.4, 0.5) is 0 Å². The maximum absolute atomic E-state index is 12.7. The van der Waals surface area contributed by atoms with E-state index in [4.69, 9.17) is 4.42 Å². The first kappa shape index (κ1) is 17.6. The number of carbonyl (C=O) groups excluding carboxylic acids is 2. The quantitative estimate of drug-likeness (QED) is 0.827. The lowest BCUT2D eigenvalue weighted by Gasteiger charge is -2.34. The molecule has 3 aliphatic heterocycles. The Hall–Kier alpha value is -1.82. The van der Waals surface area contributed by atoms with E-state index < -0.39 is 0 Å². The molecule has 6 nitrogen and oxygen atoms in total. The molecular formula is C20H29N3O3. The van der Waals surface area contributed by atoms with Crippen LogP contribution in [0.3, 0.4) is 0 Å². The highest BCUT2D eigenvalue weighted by atomic mass is 16.3. The van der Waals surface area contributed by atoms with Crippen molar-refractivity contribution in [1.29, 1.82) is 0 Å². The van der Waals surface area contributed by atoms with Gasteiger partial charge in [0.05, 0.1) is 12.8 Å². The molecule has 0 radical (unpaired) electrons. The average Bonchev–Trinajstić information content (AvgIpc) is 3.31. The lowest BCUT2D eigenvalue weighted by atomic mass is 9.95. The molecule has 26 heavy (non-hydrogen) atoms. The molecule has 0 saturated carbocycles. The number of rotatable bonds is 3. The Balaban J connectivity index is 1.26. The Kier molecular flexibility index (Phi) is 5.29. The fraction of sp³-hybridized carbons (Fsp3) is 0.700. The second-order valence-corrected chi connectivity index (χ2v) is 7.87. The summed E-state index contributed by atoms with van der Waals surface area (Å²) in [5.74, 6) is 1.70. The van der Waals surface area contributed by atoms with Crippen molar-refractivity contribution in [2.45, 2.75) is 45.1 Å². The van der Waals surface area contributed by atoms with E-state index in [-0.39, 0.29) is 11.8 Å². The van der Waals surface area contributed by atoms with Crippen molar-refractivity contribution in [2.24, 2.45) is 5.92 Å². The lowest BCUT2D eigenvalue weighted by Crippen LogP contribution is -2.46. The number of likely N-dealkylation sites (tertiary alicyclic amines) is 2. The molecule has 2 fully saturated rings. The van der Waals surface area contributed by atoms with Crippen LogP contribution in [-0.4, -0.2) is 65.8 Å². The standard InChI is InChI=1S/C20H29N3O3/c24-19(15-21-8-3-4-18-17(14-21)7-13-26-18)22-11-5-16(6-12-22)20(25)23-9-1-2-10-23/h7,13,16H,1-6,8-12,14-15H2. The van der Waals surface area contributed by atoms with Crippen LogP contribution in [0.15, 0.2) is 16.7 Å². The third-order valence-corrected chi connectivity index (χ3v) is 6.08. The number of furan rings is 1. The van der Waals surface area contributed by atoms with Crippen molar-refractivity contribution in [3.05, 3.63) is 23.7 Å². The van der Waals surface area contributed by atoms with Crippen LogP contribution in [-0.2, 0) is 22.6 Å². The van der Waals surface area contributed by atoms with Crippen molar-refractivity contribution >= 4 is 11.8 Å². The maximum atomic E-state index is 12.7. The smallest absolute Gasteiger partial charge is 0.236 e. The summed E-state index contributed by atoms with van der Waals surface area (Å²) < 4.78 is 5.52. The molecule has 0 spiro atoms. The summed E-state index contributed by atoms with van der Waals surface area (Å²) in [6, 6.07) is 2.02. The number of amides is 2. The first-order chi connectivity index (χ1) is 12.7. The Morgan fingerprint density at radius 1 is 1.00 bits per heavy atom. The number of hydrogen-bond acceptors (Lipinski definition) is 4. The van der Waals surface area contributed by atoms with Gasteiger partial charge in [-0.1, -0.05) is 0 Å². The van der Waals surface area contributed by atoms with Gasteiger partial charge in [-0.15, -0.1) is 0 Å². The van der Waals surface area contributed by atoms with Crippen molar-refractivity contribution in [3.8, 4) is 0 Å². The van der Waals surface area contributed by atoms with Gasteiger partial charge < -0.3 is 14.2 Å². The van der Waals surface area contributed by atoms with E-state index in [2.05, 4.69) is 4.90 Å². The van der Waals surface area contributed by atoms with Gasteiger partial charge in [0.15, 0.2) is 0 Å². The zero-order valence-electron chi connectivity index (χ0n) is 15.5. The van der Waals surface area contributed by atoms with Crippen LogP contribution < -0.4 is 0 Å². The van der Waals surface area contributed by atoms with Crippen LogP contribution in [0.5, 0.6) is 0 Å². The van der Waals surface area contributed by atoms with Gasteiger partial charge in [-0.3, -0.25) is 14.5 Å². The molecule has 0 bridgehead atoms. The Bertz CT molecular complexity index is 642. The van der Waals surface area contributed by atoms with E-state index in [0.29, 0.717) is 25.5 Å². The summed E-state index contributed by atoms with van der Waals surface area (Å²) in [5, 5.41) is 0. The lowest BCUT2D eigenvalue weighted by molar-refractivity contribution is -0.140. The van der Waals surface area contributed by atoms with Gasteiger partial charge in [0.25, 0.3) is 0 Å². The molecule has 4 rings (SSSR count). The van der Waals surface area contributed by atoms with Gasteiger partial charge in [0.1, 0.15) is 5.76 Å². The van der Waals surface area contributed by atoms with E-state index in [9.17, 15) is 9.59 Å². The highest BCUT2D eigenvalue weighted by Crippen LogP contribution is 2.23. The minimum atomic E-state index is 0.115. The third kappa shape index (κ3) is 3.80. The van der Waals surface area contributed by atoms with E-state index in [1.165, 1.54) is 5.56 Å². The minimum absolute atomic E-state index is 0.115. The topological polar surface area (TPSA) is 57.0 Å². The molecule has 2 saturated heterocycles. The summed E-state index contributed by atoms with van der Waals surface area (Å²) in [6.07, 6.45) is 7.63. The number of fused-ring (bicyclic) bond motifs is 1. The monoisotopic (exact) mass is 359 g/mol. The largest absolute Gasteiger partial charge is 0.469 e. The summed E-state index contributed by atoms with van der Waals surface area (Å²) in [6.45, 7) is 5.46. The average molecular weight is 359 g/mol. The van der Waals surface area contributed by atoms with Crippen LogP contribution >= 0.6 is 0 Å². The van der Waals surface area contributed by atoms with E-state index in [0.717, 1.165) is 70.5 Å². The molecule has 0 atom stereocenters. The first-order valence-electron chi connectivity index (χ1n) is 10.0. The number of piperidine rings is 1. The molecule has 1 aromatic rings. The zero-order chi connectivity index (χ0) is 17.9. The first-order valence-corrected chi connectivity index (χ1v) is 10.0.